The summed E-state index contributed by atoms with van der Waals surface area (Å²) in [5, 5.41) is 20.8. The van der Waals surface area contributed by atoms with Crippen LogP contribution in [0.15, 0.2) is 54.6 Å². The lowest BCUT2D eigenvalue weighted by atomic mass is 10.2. The van der Waals surface area contributed by atoms with Gasteiger partial charge in [-0.1, -0.05) is 18.2 Å². The molecule has 7 nitrogen and oxygen atoms in total. The highest BCUT2D eigenvalue weighted by Crippen LogP contribution is 2.18. The van der Waals surface area contributed by atoms with Crippen molar-refractivity contribution in [1.29, 1.82) is 0 Å². The summed E-state index contributed by atoms with van der Waals surface area (Å²) in [5.74, 6) is 0.517. The molecular weight excluding hydrogens is 405 g/mol. The van der Waals surface area contributed by atoms with Gasteiger partial charge < -0.3 is 14.7 Å². The van der Waals surface area contributed by atoms with Gasteiger partial charge in [0.05, 0.1) is 4.92 Å². The van der Waals surface area contributed by atoms with Crippen LogP contribution in [-0.2, 0) is 0 Å². The number of rotatable bonds is 7. The summed E-state index contributed by atoms with van der Waals surface area (Å²) < 4.78 is 5.52. The molecule has 0 radical (unpaired) electrons. The molecule has 0 aromatic heterocycles. The van der Waals surface area contributed by atoms with Crippen molar-refractivity contribution in [3.63, 3.8) is 0 Å². The highest BCUT2D eigenvalue weighted by atomic mass is 35.5. The van der Waals surface area contributed by atoms with E-state index in [4.69, 9.17) is 4.74 Å². The molecule has 154 valence electrons. The molecule has 2 aromatic carbocycles. The van der Waals surface area contributed by atoms with Crippen LogP contribution in [0.3, 0.4) is 0 Å². The van der Waals surface area contributed by atoms with Crippen molar-refractivity contribution >= 4 is 36.2 Å². The zero-order valence-corrected chi connectivity index (χ0v) is 17.0. The van der Waals surface area contributed by atoms with E-state index in [0.29, 0.717) is 12.3 Å². The van der Waals surface area contributed by atoms with Gasteiger partial charge in [0.25, 0.3) is 5.69 Å². The first kappa shape index (κ1) is 24.0. The fourth-order valence-electron chi connectivity index (χ4n) is 3.03. The summed E-state index contributed by atoms with van der Waals surface area (Å²) in [5.41, 5.74) is 1.25. The van der Waals surface area contributed by atoms with Crippen LogP contribution in [0.4, 0.5) is 11.4 Å². The lowest BCUT2D eigenvalue weighted by molar-refractivity contribution is -0.384. The largest absolute Gasteiger partial charge is 0.491 e. The highest BCUT2D eigenvalue weighted by molar-refractivity contribution is 5.85. The number of para-hydroxylation sites is 1. The molecule has 1 aliphatic heterocycles. The van der Waals surface area contributed by atoms with Crippen LogP contribution >= 0.6 is 24.8 Å². The standard InChI is InChI=1S/C19H23N3O4.2ClH/c23-18(15-26-19-8-6-17(7-9-19)22(24)25)14-20-10-12-21(13-11-20)16-4-2-1-3-5-16;;/h1-9,18,23H,10-15H2;2*1H. The number of aliphatic hydroxyl groups excluding tert-OH is 1. The summed E-state index contributed by atoms with van der Waals surface area (Å²) in [7, 11) is 0. The van der Waals surface area contributed by atoms with E-state index in [9.17, 15) is 15.2 Å². The number of halogens is 2. The van der Waals surface area contributed by atoms with E-state index in [1.54, 1.807) is 12.1 Å². The van der Waals surface area contributed by atoms with Crippen molar-refractivity contribution in [1.82, 2.24) is 4.90 Å². The first-order valence-electron chi connectivity index (χ1n) is 8.69. The topological polar surface area (TPSA) is 79.1 Å². The van der Waals surface area contributed by atoms with Gasteiger partial charge in [-0.25, -0.2) is 0 Å². The fourth-order valence-corrected chi connectivity index (χ4v) is 3.03. The molecule has 28 heavy (non-hydrogen) atoms. The molecule has 1 unspecified atom stereocenters. The number of anilines is 1. The lowest BCUT2D eigenvalue weighted by Gasteiger charge is -2.36. The molecule has 0 spiro atoms. The number of ether oxygens (including phenoxy) is 1. The number of aliphatic hydroxyl groups is 1. The van der Waals surface area contributed by atoms with E-state index in [2.05, 4.69) is 21.9 Å². The number of hydrogen-bond donors (Lipinski definition) is 1. The molecular formula is C19H25Cl2N3O4. The van der Waals surface area contributed by atoms with Crippen LogP contribution in [-0.4, -0.2) is 60.4 Å². The van der Waals surface area contributed by atoms with Gasteiger partial charge in [0.1, 0.15) is 18.5 Å². The van der Waals surface area contributed by atoms with Gasteiger partial charge in [-0.3, -0.25) is 15.0 Å². The normalized spacial score (nSPS) is 15.1. The maximum atomic E-state index is 10.6. The molecule has 0 bridgehead atoms. The van der Waals surface area contributed by atoms with E-state index in [-0.39, 0.29) is 37.1 Å². The average molecular weight is 430 g/mol. The number of nitro groups is 1. The Kier molecular flexibility index (Phi) is 10.0. The summed E-state index contributed by atoms with van der Waals surface area (Å²) in [6, 6.07) is 16.2. The number of nitro benzene ring substituents is 1. The molecule has 1 aliphatic rings. The first-order valence-corrected chi connectivity index (χ1v) is 8.69. The van der Waals surface area contributed by atoms with Crippen LogP contribution in [0.5, 0.6) is 5.75 Å². The van der Waals surface area contributed by atoms with Crippen LogP contribution in [0.2, 0.25) is 0 Å². The van der Waals surface area contributed by atoms with Gasteiger partial charge in [-0.15, -0.1) is 24.8 Å². The minimum absolute atomic E-state index is 0. The summed E-state index contributed by atoms with van der Waals surface area (Å²) in [4.78, 5) is 14.7. The molecule has 1 fully saturated rings. The number of nitrogens with zero attached hydrogens (tertiary/aromatic N) is 3. The van der Waals surface area contributed by atoms with Crippen molar-refractivity contribution in [2.75, 3.05) is 44.2 Å². The fraction of sp³-hybridized carbons (Fsp3) is 0.368. The van der Waals surface area contributed by atoms with Crippen LogP contribution in [0.25, 0.3) is 0 Å². The molecule has 2 aromatic rings. The van der Waals surface area contributed by atoms with Crippen molar-refractivity contribution in [2.45, 2.75) is 6.10 Å². The van der Waals surface area contributed by atoms with E-state index >= 15 is 0 Å². The second kappa shape index (κ2) is 11.7. The van der Waals surface area contributed by atoms with Crippen molar-refractivity contribution in [3.8, 4) is 5.75 Å². The van der Waals surface area contributed by atoms with Gasteiger partial charge in [-0.05, 0) is 24.3 Å². The Balaban J connectivity index is 0.00000196. The maximum Gasteiger partial charge on any atom is 0.269 e. The Bertz CT molecular complexity index is 711. The third-order valence-corrected chi connectivity index (χ3v) is 4.45. The number of non-ortho nitro benzene ring substituents is 1. The van der Waals surface area contributed by atoms with Gasteiger partial charge in [0.2, 0.25) is 0 Å². The van der Waals surface area contributed by atoms with Gasteiger partial charge in [-0.2, -0.15) is 0 Å². The maximum absolute atomic E-state index is 10.6. The molecule has 3 rings (SSSR count). The number of hydrogen-bond acceptors (Lipinski definition) is 6. The highest BCUT2D eigenvalue weighted by Gasteiger charge is 2.19. The molecule has 0 aliphatic carbocycles. The predicted molar refractivity (Wildman–Crippen MR) is 114 cm³/mol. The van der Waals surface area contributed by atoms with E-state index in [1.165, 1.54) is 17.8 Å². The molecule has 1 heterocycles. The first-order chi connectivity index (χ1) is 12.6. The lowest BCUT2D eigenvalue weighted by Crippen LogP contribution is -2.49. The molecule has 9 heteroatoms. The van der Waals surface area contributed by atoms with Gasteiger partial charge in [0.15, 0.2) is 0 Å². The minimum atomic E-state index is -0.603. The molecule has 1 N–H and O–H groups in total. The monoisotopic (exact) mass is 429 g/mol. The van der Waals surface area contributed by atoms with Gasteiger partial charge >= 0.3 is 0 Å². The number of benzene rings is 2. The van der Waals surface area contributed by atoms with Crippen molar-refractivity contribution < 1.29 is 14.8 Å². The van der Waals surface area contributed by atoms with E-state index in [1.807, 2.05) is 18.2 Å². The second-order valence-electron chi connectivity index (χ2n) is 6.34. The zero-order valence-electron chi connectivity index (χ0n) is 15.3. The van der Waals surface area contributed by atoms with Crippen molar-refractivity contribution in [3.05, 3.63) is 64.7 Å². The van der Waals surface area contributed by atoms with Crippen LogP contribution < -0.4 is 9.64 Å². The Hall–Kier alpha value is -2.06. The number of β-amino-alcohol motifs (C(OH)–C–C–N with tert-alkyl or cyclic N) is 1. The molecule has 1 atom stereocenters. The zero-order chi connectivity index (χ0) is 18.4. The van der Waals surface area contributed by atoms with Crippen LogP contribution in [0, 0.1) is 10.1 Å². The Labute approximate surface area is 176 Å². The summed E-state index contributed by atoms with van der Waals surface area (Å²) in [6.45, 7) is 4.36. The predicted octanol–water partition coefficient (Wildman–Crippen LogP) is 3.00. The Morgan fingerprint density at radius 2 is 1.61 bits per heavy atom. The molecule has 1 saturated heterocycles. The smallest absolute Gasteiger partial charge is 0.269 e. The molecule has 0 saturated carbocycles. The van der Waals surface area contributed by atoms with Crippen molar-refractivity contribution in [2.24, 2.45) is 0 Å². The third-order valence-electron chi connectivity index (χ3n) is 4.45. The Morgan fingerprint density at radius 3 is 2.18 bits per heavy atom. The minimum Gasteiger partial charge on any atom is -0.491 e. The number of piperazine rings is 1. The third kappa shape index (κ3) is 6.83. The second-order valence-corrected chi connectivity index (χ2v) is 6.34. The Morgan fingerprint density at radius 1 is 1.00 bits per heavy atom. The summed E-state index contributed by atoms with van der Waals surface area (Å²) in [6.07, 6.45) is -0.603. The van der Waals surface area contributed by atoms with E-state index in [0.717, 1.165) is 26.2 Å². The molecule has 0 amide bonds. The van der Waals surface area contributed by atoms with Crippen LogP contribution in [0.1, 0.15) is 0 Å². The SMILES string of the molecule is Cl.Cl.O=[N+]([O-])c1ccc(OCC(O)CN2CCN(c3ccccc3)CC2)cc1. The quantitative estimate of drug-likeness (QED) is 0.538. The van der Waals surface area contributed by atoms with Gasteiger partial charge in [0, 0.05) is 50.5 Å². The van der Waals surface area contributed by atoms with E-state index < -0.39 is 11.0 Å². The summed E-state index contributed by atoms with van der Waals surface area (Å²) >= 11 is 0. The average Bonchev–Trinajstić information content (AvgIpc) is 2.68.